The lowest BCUT2D eigenvalue weighted by molar-refractivity contribution is -0.160. The van der Waals surface area contributed by atoms with E-state index in [1.54, 1.807) is 0 Å². The lowest BCUT2D eigenvalue weighted by Crippen LogP contribution is -2.29. The van der Waals surface area contributed by atoms with E-state index in [1.165, 1.54) is 0 Å². The highest BCUT2D eigenvalue weighted by atomic mass is 79.9. The molecule has 0 fully saturated rings. The van der Waals surface area contributed by atoms with E-state index in [9.17, 15) is 9.59 Å². The first-order valence-electron chi connectivity index (χ1n) is 7.23. The Hall–Kier alpha value is -0.580. The predicted molar refractivity (Wildman–Crippen MR) is 83.0 cm³/mol. The Kier molecular flexibility index (Phi) is 9.90. The predicted octanol–water partition coefficient (Wildman–Crippen LogP) is 4.01. The Balaban J connectivity index is 4.03. The third-order valence-corrected chi connectivity index (χ3v) is 3.42. The van der Waals surface area contributed by atoms with E-state index in [-0.39, 0.29) is 12.0 Å². The van der Waals surface area contributed by atoms with Crippen molar-refractivity contribution < 1.29 is 19.4 Å². The van der Waals surface area contributed by atoms with Gasteiger partial charge in [-0.3, -0.25) is 9.59 Å². The maximum absolute atomic E-state index is 11.8. The highest BCUT2D eigenvalue weighted by Crippen LogP contribution is 2.17. The Morgan fingerprint density at radius 2 is 1.65 bits per heavy atom. The van der Waals surface area contributed by atoms with Gasteiger partial charge in [-0.25, -0.2) is 0 Å². The van der Waals surface area contributed by atoms with E-state index >= 15 is 0 Å². The van der Waals surface area contributed by atoms with Gasteiger partial charge in [-0.1, -0.05) is 62.4 Å². The minimum absolute atomic E-state index is 0.144. The van der Waals surface area contributed by atoms with Gasteiger partial charge < -0.3 is 9.84 Å². The fraction of sp³-hybridized carbons (Fsp3) is 0.867. The SMILES string of the molecule is CC(C)(C)COC(=O)C(CCCCCCCBr)C(=O)O. The van der Waals surface area contributed by atoms with Crippen LogP contribution in [0.5, 0.6) is 0 Å². The average molecular weight is 351 g/mol. The van der Waals surface area contributed by atoms with E-state index in [2.05, 4.69) is 15.9 Å². The molecule has 0 saturated heterocycles. The van der Waals surface area contributed by atoms with E-state index in [0.717, 1.165) is 37.4 Å². The summed E-state index contributed by atoms with van der Waals surface area (Å²) in [6.45, 7) is 6.08. The number of ether oxygens (including phenoxy) is 1. The minimum Gasteiger partial charge on any atom is -0.481 e. The molecule has 1 atom stereocenters. The summed E-state index contributed by atoms with van der Waals surface area (Å²) in [5, 5.41) is 10.1. The molecule has 0 aromatic rings. The molecule has 5 heteroatoms. The number of hydrogen-bond donors (Lipinski definition) is 1. The number of carboxylic acid groups (broad SMARTS) is 1. The number of rotatable bonds is 10. The van der Waals surface area contributed by atoms with Crippen molar-refractivity contribution in [1.82, 2.24) is 0 Å². The number of aliphatic carboxylic acids is 1. The van der Waals surface area contributed by atoms with Gasteiger partial charge in [-0.2, -0.15) is 0 Å². The molecule has 1 N–H and O–H groups in total. The quantitative estimate of drug-likeness (QED) is 0.280. The Morgan fingerprint density at radius 1 is 1.10 bits per heavy atom. The van der Waals surface area contributed by atoms with Crippen LogP contribution in [0.15, 0.2) is 0 Å². The number of halogens is 1. The summed E-state index contributed by atoms with van der Waals surface area (Å²) in [7, 11) is 0. The molecule has 20 heavy (non-hydrogen) atoms. The zero-order valence-electron chi connectivity index (χ0n) is 12.8. The van der Waals surface area contributed by atoms with E-state index in [4.69, 9.17) is 9.84 Å². The second kappa shape index (κ2) is 10.2. The molecule has 1 unspecified atom stereocenters. The second-order valence-corrected chi connectivity index (χ2v) is 7.10. The molecule has 0 radical (unpaired) electrons. The molecule has 0 aliphatic rings. The summed E-state index contributed by atoms with van der Waals surface area (Å²) in [6.07, 6.45) is 5.43. The molecule has 0 bridgehead atoms. The van der Waals surface area contributed by atoms with Crippen LogP contribution in [0.25, 0.3) is 0 Å². The topological polar surface area (TPSA) is 63.6 Å². The molecule has 0 heterocycles. The maximum atomic E-state index is 11.8. The van der Waals surface area contributed by atoms with Crippen LogP contribution < -0.4 is 0 Å². The van der Waals surface area contributed by atoms with Crippen molar-refractivity contribution in [3.63, 3.8) is 0 Å². The molecular formula is C15H27BrO4. The van der Waals surface area contributed by atoms with Crippen molar-refractivity contribution in [2.24, 2.45) is 11.3 Å². The summed E-state index contributed by atoms with van der Waals surface area (Å²) in [5.74, 6) is -2.70. The van der Waals surface area contributed by atoms with Crippen LogP contribution in [0.3, 0.4) is 0 Å². The van der Waals surface area contributed by atoms with Crippen molar-refractivity contribution in [2.45, 2.75) is 59.3 Å². The molecule has 0 aliphatic carbocycles. The standard InChI is InChI=1S/C15H27BrO4/c1-15(2,3)11-20-14(19)12(13(17)18)9-7-5-4-6-8-10-16/h12H,4-11H2,1-3H3,(H,17,18). The lowest BCUT2D eigenvalue weighted by atomic mass is 9.98. The Morgan fingerprint density at radius 3 is 2.15 bits per heavy atom. The monoisotopic (exact) mass is 350 g/mol. The maximum Gasteiger partial charge on any atom is 0.320 e. The summed E-state index contributed by atoms with van der Waals surface area (Å²) in [5.41, 5.74) is -0.144. The zero-order chi connectivity index (χ0) is 15.6. The average Bonchev–Trinajstić information content (AvgIpc) is 2.34. The summed E-state index contributed by atoms with van der Waals surface area (Å²) >= 11 is 3.37. The molecule has 0 rings (SSSR count). The highest BCUT2D eigenvalue weighted by molar-refractivity contribution is 9.09. The third-order valence-electron chi connectivity index (χ3n) is 2.86. The van der Waals surface area contributed by atoms with Gasteiger partial charge >= 0.3 is 11.9 Å². The number of carbonyl (C=O) groups is 2. The van der Waals surface area contributed by atoms with Gasteiger partial charge in [-0.05, 0) is 18.3 Å². The van der Waals surface area contributed by atoms with E-state index in [0.29, 0.717) is 6.42 Å². The summed E-state index contributed by atoms with van der Waals surface area (Å²) in [4.78, 5) is 22.9. The largest absolute Gasteiger partial charge is 0.481 e. The van der Waals surface area contributed by atoms with Crippen molar-refractivity contribution in [3.05, 3.63) is 0 Å². The number of alkyl halides is 1. The second-order valence-electron chi connectivity index (χ2n) is 6.30. The van der Waals surface area contributed by atoms with Crippen LogP contribution in [-0.2, 0) is 14.3 Å². The summed E-state index contributed by atoms with van der Waals surface area (Å²) in [6, 6.07) is 0. The zero-order valence-corrected chi connectivity index (χ0v) is 14.4. The van der Waals surface area contributed by atoms with Crippen molar-refractivity contribution in [1.29, 1.82) is 0 Å². The summed E-state index contributed by atoms with van der Waals surface area (Å²) < 4.78 is 5.10. The lowest BCUT2D eigenvalue weighted by Gasteiger charge is -2.19. The molecule has 4 nitrogen and oxygen atoms in total. The molecule has 0 aliphatic heterocycles. The number of esters is 1. The van der Waals surface area contributed by atoms with Gasteiger partial charge in [0.05, 0.1) is 6.61 Å². The third kappa shape index (κ3) is 10.2. The molecule has 118 valence electrons. The van der Waals surface area contributed by atoms with Crippen molar-refractivity contribution in [2.75, 3.05) is 11.9 Å². The van der Waals surface area contributed by atoms with Crippen LogP contribution in [0.1, 0.15) is 59.3 Å². The molecule has 0 aromatic heterocycles. The Bertz CT molecular complexity index is 297. The first-order valence-corrected chi connectivity index (χ1v) is 8.35. The molecule has 0 spiro atoms. The normalized spacial score (nSPS) is 13.0. The smallest absolute Gasteiger partial charge is 0.320 e. The van der Waals surface area contributed by atoms with Gasteiger partial charge in [0.2, 0.25) is 0 Å². The minimum atomic E-state index is -1.08. The molecular weight excluding hydrogens is 324 g/mol. The highest BCUT2D eigenvalue weighted by Gasteiger charge is 2.28. The van der Waals surface area contributed by atoms with Gasteiger partial charge in [-0.15, -0.1) is 0 Å². The first kappa shape index (κ1) is 19.4. The fourth-order valence-corrected chi connectivity index (χ4v) is 2.10. The molecule has 0 aromatic carbocycles. The molecule has 0 saturated carbocycles. The first-order chi connectivity index (χ1) is 9.28. The number of carbonyl (C=O) groups excluding carboxylic acids is 1. The van der Waals surface area contributed by atoms with Crippen LogP contribution in [0.4, 0.5) is 0 Å². The van der Waals surface area contributed by atoms with E-state index in [1.807, 2.05) is 20.8 Å². The fourth-order valence-electron chi connectivity index (χ4n) is 1.70. The van der Waals surface area contributed by atoms with Crippen LogP contribution in [-0.4, -0.2) is 29.0 Å². The van der Waals surface area contributed by atoms with Gasteiger partial charge in [0.25, 0.3) is 0 Å². The van der Waals surface area contributed by atoms with Gasteiger partial charge in [0.1, 0.15) is 0 Å². The number of unbranched alkanes of at least 4 members (excludes halogenated alkanes) is 4. The Labute approximate surface area is 130 Å². The van der Waals surface area contributed by atoms with Crippen LogP contribution >= 0.6 is 15.9 Å². The van der Waals surface area contributed by atoms with Crippen molar-refractivity contribution in [3.8, 4) is 0 Å². The van der Waals surface area contributed by atoms with Crippen molar-refractivity contribution >= 4 is 27.9 Å². The van der Waals surface area contributed by atoms with Gasteiger partial charge in [0.15, 0.2) is 5.92 Å². The van der Waals surface area contributed by atoms with Crippen LogP contribution in [0, 0.1) is 11.3 Å². The number of hydrogen-bond acceptors (Lipinski definition) is 3. The van der Waals surface area contributed by atoms with Crippen LogP contribution in [0.2, 0.25) is 0 Å². The van der Waals surface area contributed by atoms with Gasteiger partial charge in [0, 0.05) is 5.33 Å². The van der Waals surface area contributed by atoms with E-state index < -0.39 is 17.9 Å². The molecule has 0 amide bonds. The number of carboxylic acids is 1.